The summed E-state index contributed by atoms with van der Waals surface area (Å²) in [5.74, 6) is 0.731. The average molecular weight is 475 g/mol. The smallest absolute Gasteiger partial charge is 0.261 e. The molecule has 1 amide bonds. The number of rotatable bonds is 8. The van der Waals surface area contributed by atoms with E-state index < -0.39 is 10.0 Å². The van der Waals surface area contributed by atoms with Gasteiger partial charge in [-0.15, -0.1) is 11.8 Å². The maximum atomic E-state index is 12.7. The Balaban J connectivity index is 1.56. The lowest BCUT2D eigenvalue weighted by Gasteiger charge is -2.12. The monoisotopic (exact) mass is 474 g/mol. The lowest BCUT2D eigenvalue weighted by molar-refractivity contribution is -0.113. The number of benzene rings is 3. The van der Waals surface area contributed by atoms with Crippen LogP contribution >= 0.6 is 23.4 Å². The highest BCUT2D eigenvalue weighted by Crippen LogP contribution is 2.23. The van der Waals surface area contributed by atoms with Gasteiger partial charge in [-0.05, 0) is 61.4 Å². The highest BCUT2D eigenvalue weighted by atomic mass is 35.5. The molecule has 31 heavy (non-hydrogen) atoms. The van der Waals surface area contributed by atoms with E-state index in [2.05, 4.69) is 10.0 Å². The molecule has 0 aliphatic heterocycles. The maximum absolute atomic E-state index is 12.7. The van der Waals surface area contributed by atoms with Gasteiger partial charge in [0.1, 0.15) is 0 Å². The molecule has 0 saturated carbocycles. The molecule has 0 spiro atoms. The molecule has 0 heterocycles. The standard InChI is InChI=1S/C23H23ClN2O3S2/c1-16-7-12-22(17(2)13-16)26-31(28,29)20-10-8-19(9-11-20)25-23(27)15-30-14-18-5-3-4-6-21(18)24/h3-13,26H,14-15H2,1-2H3,(H,25,27). The number of halogens is 1. The third-order valence-electron chi connectivity index (χ3n) is 4.52. The van der Waals surface area contributed by atoms with Crippen molar-refractivity contribution in [3.63, 3.8) is 0 Å². The molecule has 2 N–H and O–H groups in total. The van der Waals surface area contributed by atoms with E-state index in [9.17, 15) is 13.2 Å². The lowest BCUT2D eigenvalue weighted by atomic mass is 10.1. The molecule has 3 aromatic rings. The second-order valence-electron chi connectivity index (χ2n) is 7.08. The van der Waals surface area contributed by atoms with Crippen LogP contribution in [-0.2, 0) is 20.6 Å². The summed E-state index contributed by atoms with van der Waals surface area (Å²) in [5, 5.41) is 3.46. The molecule has 8 heteroatoms. The Morgan fingerprint density at radius 2 is 1.71 bits per heavy atom. The van der Waals surface area contributed by atoms with Crippen molar-refractivity contribution in [1.82, 2.24) is 0 Å². The van der Waals surface area contributed by atoms with Crippen LogP contribution in [0.5, 0.6) is 0 Å². The number of amides is 1. The van der Waals surface area contributed by atoms with Gasteiger partial charge in [-0.25, -0.2) is 8.42 Å². The minimum Gasteiger partial charge on any atom is -0.325 e. The number of hydrogen-bond acceptors (Lipinski definition) is 4. The van der Waals surface area contributed by atoms with Crippen LogP contribution in [-0.4, -0.2) is 20.1 Å². The highest BCUT2D eigenvalue weighted by molar-refractivity contribution is 7.99. The second kappa shape index (κ2) is 10.2. The number of sulfonamides is 1. The Labute approximate surface area is 192 Å². The van der Waals surface area contributed by atoms with Crippen molar-refractivity contribution in [3.8, 4) is 0 Å². The van der Waals surface area contributed by atoms with Gasteiger partial charge in [-0.2, -0.15) is 0 Å². The number of carbonyl (C=O) groups excluding carboxylic acids is 1. The molecule has 0 aromatic heterocycles. The fourth-order valence-corrected chi connectivity index (χ4v) is 5.16. The van der Waals surface area contributed by atoms with Crippen molar-refractivity contribution < 1.29 is 13.2 Å². The SMILES string of the molecule is Cc1ccc(NS(=O)(=O)c2ccc(NC(=O)CSCc3ccccc3Cl)cc2)c(C)c1. The van der Waals surface area contributed by atoms with E-state index in [1.54, 1.807) is 18.2 Å². The highest BCUT2D eigenvalue weighted by Gasteiger charge is 2.15. The summed E-state index contributed by atoms with van der Waals surface area (Å²) in [4.78, 5) is 12.3. The van der Waals surface area contributed by atoms with E-state index in [-0.39, 0.29) is 16.6 Å². The summed E-state index contributed by atoms with van der Waals surface area (Å²) in [5.41, 5.74) is 3.97. The van der Waals surface area contributed by atoms with Gasteiger partial charge in [-0.1, -0.05) is 47.5 Å². The van der Waals surface area contributed by atoms with Crippen molar-refractivity contribution in [2.24, 2.45) is 0 Å². The quantitative estimate of drug-likeness (QED) is 0.443. The van der Waals surface area contributed by atoms with Crippen molar-refractivity contribution in [2.75, 3.05) is 15.8 Å². The summed E-state index contributed by atoms with van der Waals surface area (Å²) >= 11 is 7.58. The maximum Gasteiger partial charge on any atom is 0.261 e. The molecule has 162 valence electrons. The first-order chi connectivity index (χ1) is 14.7. The second-order valence-corrected chi connectivity index (χ2v) is 10.2. The minimum atomic E-state index is -3.72. The predicted octanol–water partition coefficient (Wildman–Crippen LogP) is 5.63. The molecular weight excluding hydrogens is 452 g/mol. The molecular formula is C23H23ClN2O3S2. The van der Waals surface area contributed by atoms with Crippen LogP contribution < -0.4 is 10.0 Å². The van der Waals surface area contributed by atoms with Crippen molar-refractivity contribution in [3.05, 3.63) is 88.4 Å². The van der Waals surface area contributed by atoms with Crippen LogP contribution in [0, 0.1) is 13.8 Å². The Bertz CT molecular complexity index is 1180. The molecule has 0 saturated heterocycles. The van der Waals surface area contributed by atoms with Crippen LogP contribution in [0.3, 0.4) is 0 Å². The van der Waals surface area contributed by atoms with E-state index in [1.807, 2.05) is 50.2 Å². The van der Waals surface area contributed by atoms with Gasteiger partial charge in [-0.3, -0.25) is 9.52 Å². The molecule has 0 radical (unpaired) electrons. The summed E-state index contributed by atoms with van der Waals surface area (Å²) in [6.07, 6.45) is 0. The first-order valence-electron chi connectivity index (χ1n) is 9.56. The number of anilines is 2. The van der Waals surface area contributed by atoms with Crippen LogP contribution in [0.2, 0.25) is 5.02 Å². The van der Waals surface area contributed by atoms with E-state index >= 15 is 0 Å². The number of nitrogens with one attached hydrogen (secondary N) is 2. The van der Waals surface area contributed by atoms with Gasteiger partial charge in [0.2, 0.25) is 5.91 Å². The molecule has 0 atom stereocenters. The van der Waals surface area contributed by atoms with Crippen LogP contribution in [0.15, 0.2) is 71.6 Å². The van der Waals surface area contributed by atoms with Gasteiger partial charge in [0.15, 0.2) is 0 Å². The first-order valence-corrected chi connectivity index (χ1v) is 12.6. The number of carbonyl (C=O) groups is 1. The normalized spacial score (nSPS) is 11.2. The Hall–Kier alpha value is -2.48. The number of aryl methyl sites for hydroxylation is 2. The third-order valence-corrected chi connectivity index (χ3v) is 7.25. The summed E-state index contributed by atoms with van der Waals surface area (Å²) in [6, 6.07) is 19.1. The molecule has 3 aromatic carbocycles. The van der Waals surface area contributed by atoms with Crippen LogP contribution in [0.25, 0.3) is 0 Å². The Morgan fingerprint density at radius 1 is 1.00 bits per heavy atom. The van der Waals surface area contributed by atoms with E-state index in [1.165, 1.54) is 23.9 Å². The topological polar surface area (TPSA) is 75.3 Å². The summed E-state index contributed by atoms with van der Waals surface area (Å²) < 4.78 is 27.9. The molecule has 0 unspecified atom stereocenters. The zero-order chi connectivity index (χ0) is 22.4. The lowest BCUT2D eigenvalue weighted by Crippen LogP contribution is -2.15. The largest absolute Gasteiger partial charge is 0.325 e. The molecule has 0 aliphatic carbocycles. The predicted molar refractivity (Wildman–Crippen MR) is 129 cm³/mol. The van der Waals surface area contributed by atoms with Crippen molar-refractivity contribution in [2.45, 2.75) is 24.5 Å². The fourth-order valence-electron chi connectivity index (χ4n) is 2.92. The minimum absolute atomic E-state index is 0.124. The Kier molecular flexibility index (Phi) is 7.64. The van der Waals surface area contributed by atoms with E-state index in [0.29, 0.717) is 22.2 Å². The summed E-state index contributed by atoms with van der Waals surface area (Å²) in [7, 11) is -3.72. The molecule has 0 aliphatic rings. The van der Waals surface area contributed by atoms with Gasteiger partial charge >= 0.3 is 0 Å². The van der Waals surface area contributed by atoms with Gasteiger partial charge in [0.25, 0.3) is 10.0 Å². The zero-order valence-electron chi connectivity index (χ0n) is 17.2. The van der Waals surface area contributed by atoms with Gasteiger partial charge < -0.3 is 5.32 Å². The molecule has 0 fully saturated rings. The number of hydrogen-bond donors (Lipinski definition) is 2. The van der Waals surface area contributed by atoms with Crippen LogP contribution in [0.1, 0.15) is 16.7 Å². The van der Waals surface area contributed by atoms with Crippen LogP contribution in [0.4, 0.5) is 11.4 Å². The van der Waals surface area contributed by atoms with Gasteiger partial charge in [0, 0.05) is 16.5 Å². The zero-order valence-corrected chi connectivity index (χ0v) is 19.6. The van der Waals surface area contributed by atoms with E-state index in [0.717, 1.165) is 16.7 Å². The average Bonchev–Trinajstić information content (AvgIpc) is 2.72. The fraction of sp³-hybridized carbons (Fsp3) is 0.174. The summed E-state index contributed by atoms with van der Waals surface area (Å²) in [6.45, 7) is 3.81. The number of thioether (sulfide) groups is 1. The van der Waals surface area contributed by atoms with Crippen molar-refractivity contribution in [1.29, 1.82) is 0 Å². The van der Waals surface area contributed by atoms with Crippen molar-refractivity contribution >= 4 is 50.7 Å². The molecule has 5 nitrogen and oxygen atoms in total. The first kappa shape index (κ1) is 23.2. The van der Waals surface area contributed by atoms with E-state index in [4.69, 9.17) is 11.6 Å². The van der Waals surface area contributed by atoms with Gasteiger partial charge in [0.05, 0.1) is 16.3 Å². The molecule has 3 rings (SSSR count). The molecule has 0 bridgehead atoms. The Morgan fingerprint density at radius 3 is 2.39 bits per heavy atom. The third kappa shape index (κ3) is 6.50.